The molecular formula is C22H24ClN3O2. The van der Waals surface area contributed by atoms with Gasteiger partial charge in [0.15, 0.2) is 0 Å². The number of rotatable bonds is 5. The molecule has 1 heterocycles. The summed E-state index contributed by atoms with van der Waals surface area (Å²) in [4.78, 5) is 12.5. The van der Waals surface area contributed by atoms with E-state index >= 15 is 0 Å². The van der Waals surface area contributed by atoms with Gasteiger partial charge in [0.25, 0.3) is 5.91 Å². The van der Waals surface area contributed by atoms with Crippen molar-refractivity contribution in [2.45, 2.75) is 34.3 Å². The van der Waals surface area contributed by atoms with Gasteiger partial charge in [-0.1, -0.05) is 23.7 Å². The van der Waals surface area contributed by atoms with Gasteiger partial charge in [-0.3, -0.25) is 9.48 Å². The number of ether oxygens (including phenoxy) is 1. The molecule has 0 spiro atoms. The molecule has 0 radical (unpaired) electrons. The summed E-state index contributed by atoms with van der Waals surface area (Å²) in [6, 6.07) is 11.2. The van der Waals surface area contributed by atoms with Crippen molar-refractivity contribution in [2.75, 3.05) is 5.32 Å². The van der Waals surface area contributed by atoms with Crippen LogP contribution in [0.5, 0.6) is 5.75 Å². The van der Waals surface area contributed by atoms with Crippen molar-refractivity contribution in [1.82, 2.24) is 9.78 Å². The Kier molecular flexibility index (Phi) is 5.75. The molecule has 3 aromatic rings. The molecule has 6 heteroatoms. The maximum atomic E-state index is 12.5. The van der Waals surface area contributed by atoms with E-state index in [1.807, 2.05) is 59.0 Å². The number of nitrogens with zero attached hydrogens (tertiary/aromatic N) is 2. The van der Waals surface area contributed by atoms with E-state index < -0.39 is 0 Å². The van der Waals surface area contributed by atoms with Crippen molar-refractivity contribution < 1.29 is 9.53 Å². The van der Waals surface area contributed by atoms with Crippen molar-refractivity contribution in [2.24, 2.45) is 7.05 Å². The van der Waals surface area contributed by atoms with Crippen LogP contribution in [-0.4, -0.2) is 15.7 Å². The number of carbonyl (C=O) groups is 1. The zero-order valence-electron chi connectivity index (χ0n) is 16.8. The Bertz CT molecular complexity index is 1000. The van der Waals surface area contributed by atoms with Gasteiger partial charge in [-0.05, 0) is 68.7 Å². The summed E-state index contributed by atoms with van der Waals surface area (Å²) >= 11 is 6.19. The van der Waals surface area contributed by atoms with Crippen LogP contribution in [0.1, 0.15) is 38.4 Å². The lowest BCUT2D eigenvalue weighted by Gasteiger charge is -2.11. The minimum atomic E-state index is -0.157. The highest BCUT2D eigenvalue weighted by atomic mass is 35.5. The van der Waals surface area contributed by atoms with Gasteiger partial charge in [0.2, 0.25) is 0 Å². The van der Waals surface area contributed by atoms with Crippen LogP contribution in [0.25, 0.3) is 0 Å². The van der Waals surface area contributed by atoms with Crippen LogP contribution in [0, 0.1) is 27.7 Å². The molecule has 0 atom stereocenters. The van der Waals surface area contributed by atoms with Crippen LogP contribution in [0.3, 0.4) is 0 Å². The summed E-state index contributed by atoms with van der Waals surface area (Å²) in [5.74, 6) is 0.624. The first-order valence-corrected chi connectivity index (χ1v) is 9.44. The molecule has 1 aromatic heterocycles. The maximum absolute atomic E-state index is 12.5. The fourth-order valence-electron chi connectivity index (χ4n) is 3.05. The molecule has 0 saturated carbocycles. The first-order valence-electron chi connectivity index (χ1n) is 9.06. The second-order valence-electron chi connectivity index (χ2n) is 6.98. The summed E-state index contributed by atoms with van der Waals surface area (Å²) in [6.07, 6.45) is 0. The number of carbonyl (C=O) groups excluding carboxylic acids is 1. The summed E-state index contributed by atoms with van der Waals surface area (Å²) in [5, 5.41) is 8.03. The van der Waals surface area contributed by atoms with Crippen LogP contribution < -0.4 is 10.1 Å². The van der Waals surface area contributed by atoms with E-state index in [0.717, 1.165) is 44.5 Å². The molecule has 146 valence electrons. The lowest BCUT2D eigenvalue weighted by atomic mass is 10.1. The van der Waals surface area contributed by atoms with Gasteiger partial charge in [-0.2, -0.15) is 5.10 Å². The molecule has 0 bridgehead atoms. The Morgan fingerprint density at radius 3 is 2.25 bits per heavy atom. The second-order valence-corrected chi connectivity index (χ2v) is 7.36. The predicted molar refractivity (Wildman–Crippen MR) is 112 cm³/mol. The number of anilines is 1. The van der Waals surface area contributed by atoms with E-state index in [9.17, 15) is 4.79 Å². The Morgan fingerprint density at radius 2 is 1.71 bits per heavy atom. The van der Waals surface area contributed by atoms with E-state index in [1.54, 1.807) is 16.8 Å². The van der Waals surface area contributed by atoms with E-state index in [-0.39, 0.29) is 5.91 Å². The van der Waals surface area contributed by atoms with Crippen LogP contribution >= 0.6 is 11.6 Å². The molecule has 0 saturated heterocycles. The zero-order valence-corrected chi connectivity index (χ0v) is 17.5. The third-order valence-electron chi connectivity index (χ3n) is 4.78. The van der Waals surface area contributed by atoms with Crippen molar-refractivity contribution in [3.8, 4) is 5.75 Å². The summed E-state index contributed by atoms with van der Waals surface area (Å²) in [5.41, 5.74) is 6.03. The highest BCUT2D eigenvalue weighted by Crippen LogP contribution is 2.26. The first kappa shape index (κ1) is 20.0. The Balaban J connectivity index is 1.65. The van der Waals surface area contributed by atoms with Gasteiger partial charge in [0.05, 0.1) is 17.1 Å². The summed E-state index contributed by atoms with van der Waals surface area (Å²) < 4.78 is 7.62. The normalized spacial score (nSPS) is 10.8. The fourth-order valence-corrected chi connectivity index (χ4v) is 3.16. The van der Waals surface area contributed by atoms with E-state index in [1.165, 1.54) is 0 Å². The number of benzene rings is 2. The number of hydrogen-bond acceptors (Lipinski definition) is 3. The zero-order chi connectivity index (χ0) is 20.4. The average Bonchev–Trinajstić information content (AvgIpc) is 2.90. The molecule has 0 aliphatic heterocycles. The Morgan fingerprint density at radius 1 is 1.11 bits per heavy atom. The summed E-state index contributed by atoms with van der Waals surface area (Å²) in [7, 11) is 1.86. The third-order valence-corrected chi connectivity index (χ3v) is 5.38. The monoisotopic (exact) mass is 397 g/mol. The minimum Gasteiger partial charge on any atom is -0.489 e. The van der Waals surface area contributed by atoms with E-state index in [0.29, 0.717) is 12.2 Å². The van der Waals surface area contributed by atoms with E-state index in [4.69, 9.17) is 16.3 Å². The third kappa shape index (κ3) is 4.20. The largest absolute Gasteiger partial charge is 0.489 e. The molecule has 0 aliphatic carbocycles. The lowest BCUT2D eigenvalue weighted by Crippen LogP contribution is -2.13. The van der Waals surface area contributed by atoms with Crippen molar-refractivity contribution in [3.05, 3.63) is 75.1 Å². The van der Waals surface area contributed by atoms with Crippen LogP contribution in [0.15, 0.2) is 36.4 Å². The number of aromatic nitrogens is 2. The number of amides is 1. The number of aryl methyl sites for hydroxylation is 4. The molecule has 0 unspecified atom stereocenters. The summed E-state index contributed by atoms with van der Waals surface area (Å²) in [6.45, 7) is 8.14. The van der Waals surface area contributed by atoms with Gasteiger partial charge in [0, 0.05) is 17.6 Å². The lowest BCUT2D eigenvalue weighted by molar-refractivity contribution is 0.102. The Labute approximate surface area is 170 Å². The van der Waals surface area contributed by atoms with E-state index in [2.05, 4.69) is 10.4 Å². The average molecular weight is 398 g/mol. The molecule has 1 amide bonds. The first-order chi connectivity index (χ1) is 13.3. The van der Waals surface area contributed by atoms with Crippen LogP contribution in [0.4, 0.5) is 5.69 Å². The SMILES string of the molecule is Cc1cc(OCc2ccc(C(=O)Nc3c(C)nn(C)c3C)cc2)cc(C)c1Cl. The van der Waals surface area contributed by atoms with Crippen LogP contribution in [-0.2, 0) is 13.7 Å². The van der Waals surface area contributed by atoms with Gasteiger partial charge >= 0.3 is 0 Å². The highest BCUT2D eigenvalue weighted by molar-refractivity contribution is 6.32. The maximum Gasteiger partial charge on any atom is 0.255 e. The van der Waals surface area contributed by atoms with Crippen LogP contribution in [0.2, 0.25) is 5.02 Å². The van der Waals surface area contributed by atoms with Gasteiger partial charge in [0.1, 0.15) is 12.4 Å². The standard InChI is InChI=1S/C22H24ClN3O2/c1-13-10-19(11-14(2)20(13)23)28-12-17-6-8-18(9-7-17)22(27)24-21-15(3)25-26(5)16(21)4/h6-11H,12H2,1-5H3,(H,24,27). The van der Waals surface area contributed by atoms with Gasteiger partial charge in [-0.15, -0.1) is 0 Å². The molecule has 0 aliphatic rings. The van der Waals surface area contributed by atoms with Crippen molar-refractivity contribution in [1.29, 1.82) is 0 Å². The number of nitrogens with one attached hydrogen (secondary N) is 1. The molecule has 28 heavy (non-hydrogen) atoms. The molecule has 5 nitrogen and oxygen atoms in total. The highest BCUT2D eigenvalue weighted by Gasteiger charge is 2.14. The van der Waals surface area contributed by atoms with Crippen molar-refractivity contribution >= 4 is 23.2 Å². The topological polar surface area (TPSA) is 56.1 Å². The van der Waals surface area contributed by atoms with Gasteiger partial charge in [-0.25, -0.2) is 0 Å². The van der Waals surface area contributed by atoms with Gasteiger partial charge < -0.3 is 10.1 Å². The smallest absolute Gasteiger partial charge is 0.255 e. The quantitative estimate of drug-likeness (QED) is 0.648. The number of halogens is 1. The number of hydrogen-bond donors (Lipinski definition) is 1. The predicted octanol–water partition coefficient (Wildman–Crippen LogP) is 5.14. The molecule has 3 rings (SSSR count). The van der Waals surface area contributed by atoms with Crippen molar-refractivity contribution in [3.63, 3.8) is 0 Å². The molecule has 0 fully saturated rings. The minimum absolute atomic E-state index is 0.157. The molecule has 1 N–H and O–H groups in total. The molecular weight excluding hydrogens is 374 g/mol. The molecule has 2 aromatic carbocycles. The fraction of sp³-hybridized carbons (Fsp3) is 0.273. The second kappa shape index (κ2) is 8.07. The Hall–Kier alpha value is -2.79.